The van der Waals surface area contributed by atoms with E-state index in [0.717, 1.165) is 41.8 Å². The number of amides is 1. The number of carbonyl (C=O) groups excluding carboxylic acids is 1. The molecule has 4 aromatic rings. The van der Waals surface area contributed by atoms with Crippen molar-refractivity contribution in [3.8, 4) is 11.6 Å². The number of anilines is 1. The summed E-state index contributed by atoms with van der Waals surface area (Å²) >= 11 is 1.66. The van der Waals surface area contributed by atoms with Crippen LogP contribution in [0.1, 0.15) is 42.0 Å². The van der Waals surface area contributed by atoms with E-state index < -0.39 is 5.41 Å². The summed E-state index contributed by atoms with van der Waals surface area (Å²) in [6.07, 6.45) is 5.92. The van der Waals surface area contributed by atoms with Crippen LogP contribution in [0.4, 0.5) is 5.69 Å². The van der Waals surface area contributed by atoms with Gasteiger partial charge >= 0.3 is 0 Å². The maximum absolute atomic E-state index is 13.4. The number of nitrogens with one attached hydrogen (secondary N) is 1. The number of hydrogen-bond donors (Lipinski definition) is 1. The molecule has 1 N–H and O–H groups in total. The minimum atomic E-state index is -0.432. The van der Waals surface area contributed by atoms with Crippen LogP contribution in [0, 0.1) is 0 Å². The molecule has 3 aromatic heterocycles. The normalized spacial score (nSPS) is 15.3. The highest BCUT2D eigenvalue weighted by Crippen LogP contribution is 2.44. The van der Waals surface area contributed by atoms with Crippen LogP contribution in [-0.4, -0.2) is 16.0 Å². The molecule has 1 aliphatic rings. The second-order valence-corrected chi connectivity index (χ2v) is 8.49. The fourth-order valence-electron chi connectivity index (χ4n) is 4.15. The molecule has 1 aliphatic carbocycles. The lowest BCUT2D eigenvalue weighted by Crippen LogP contribution is -2.37. The number of benzene rings is 1. The average molecular weight is 420 g/mol. The molecule has 0 saturated heterocycles. The van der Waals surface area contributed by atoms with Crippen molar-refractivity contribution in [3.63, 3.8) is 0 Å². The van der Waals surface area contributed by atoms with Crippen molar-refractivity contribution >= 4 is 22.9 Å². The topological polar surface area (TPSA) is 81.2 Å². The monoisotopic (exact) mass is 419 g/mol. The van der Waals surface area contributed by atoms with E-state index in [1.54, 1.807) is 29.7 Å². The fraction of sp³-hybridized carbons (Fsp3) is 0.261. The van der Waals surface area contributed by atoms with E-state index in [2.05, 4.69) is 21.5 Å². The molecule has 0 unspecified atom stereocenters. The molecule has 0 atom stereocenters. The van der Waals surface area contributed by atoms with Crippen molar-refractivity contribution < 1.29 is 13.7 Å². The van der Waals surface area contributed by atoms with Gasteiger partial charge in [-0.05, 0) is 48.1 Å². The summed E-state index contributed by atoms with van der Waals surface area (Å²) in [5, 5.41) is 9.23. The summed E-state index contributed by atoms with van der Waals surface area (Å²) in [6, 6.07) is 15.4. The smallest absolute Gasteiger partial charge is 0.238 e. The molecule has 30 heavy (non-hydrogen) atoms. The Balaban J connectivity index is 1.38. The Bertz CT molecular complexity index is 1130. The number of thiophene rings is 1. The van der Waals surface area contributed by atoms with Crippen LogP contribution in [0.5, 0.6) is 0 Å². The van der Waals surface area contributed by atoms with Crippen molar-refractivity contribution in [2.45, 2.75) is 37.5 Å². The van der Waals surface area contributed by atoms with Crippen LogP contribution in [0.2, 0.25) is 0 Å². The third-order valence-electron chi connectivity index (χ3n) is 5.70. The molecule has 0 bridgehead atoms. The molecule has 1 amide bonds. The van der Waals surface area contributed by atoms with Gasteiger partial charge in [0.1, 0.15) is 0 Å². The Morgan fingerprint density at radius 1 is 1.10 bits per heavy atom. The summed E-state index contributed by atoms with van der Waals surface area (Å²) in [6.45, 7) is 0. The molecule has 0 spiro atoms. The van der Waals surface area contributed by atoms with E-state index in [9.17, 15) is 4.79 Å². The Kier molecular flexibility index (Phi) is 4.96. The molecule has 0 aliphatic heterocycles. The minimum absolute atomic E-state index is 0.0664. The van der Waals surface area contributed by atoms with E-state index in [-0.39, 0.29) is 5.91 Å². The number of aromatic nitrogens is 2. The summed E-state index contributed by atoms with van der Waals surface area (Å²) in [4.78, 5) is 19.0. The van der Waals surface area contributed by atoms with Crippen molar-refractivity contribution in [1.29, 1.82) is 0 Å². The molecule has 5 rings (SSSR count). The minimum Gasteiger partial charge on any atom is -0.461 e. The van der Waals surface area contributed by atoms with Crippen LogP contribution < -0.4 is 5.32 Å². The van der Waals surface area contributed by atoms with Gasteiger partial charge in [-0.3, -0.25) is 4.79 Å². The van der Waals surface area contributed by atoms with Crippen molar-refractivity contribution in [3.05, 3.63) is 76.5 Å². The van der Waals surface area contributed by atoms with Gasteiger partial charge in [0.2, 0.25) is 17.6 Å². The second-order valence-electron chi connectivity index (χ2n) is 7.54. The molecule has 6 nitrogen and oxygen atoms in total. The van der Waals surface area contributed by atoms with Gasteiger partial charge in [-0.15, -0.1) is 11.3 Å². The van der Waals surface area contributed by atoms with Crippen LogP contribution in [0.3, 0.4) is 0 Å². The average Bonchev–Trinajstić information content (AvgIpc) is 3.57. The second kappa shape index (κ2) is 7.91. The van der Waals surface area contributed by atoms with Gasteiger partial charge in [0.25, 0.3) is 0 Å². The first-order valence-corrected chi connectivity index (χ1v) is 10.9. The zero-order chi connectivity index (χ0) is 20.4. The highest BCUT2D eigenvalue weighted by Gasteiger charge is 2.43. The summed E-state index contributed by atoms with van der Waals surface area (Å²) < 4.78 is 10.7. The molecular weight excluding hydrogens is 398 g/mol. The Morgan fingerprint density at radius 3 is 2.73 bits per heavy atom. The quantitative estimate of drug-likeness (QED) is 0.450. The van der Waals surface area contributed by atoms with Crippen LogP contribution in [-0.2, 0) is 16.6 Å². The first-order chi connectivity index (χ1) is 14.7. The number of rotatable bonds is 6. The van der Waals surface area contributed by atoms with E-state index in [1.165, 1.54) is 0 Å². The third kappa shape index (κ3) is 3.45. The number of carbonyl (C=O) groups is 1. The number of hydrogen-bond acceptors (Lipinski definition) is 6. The van der Waals surface area contributed by atoms with Gasteiger partial charge in [-0.2, -0.15) is 4.98 Å². The SMILES string of the molecule is O=C(Nc1ccccc1Cc1nc(-c2ccco2)no1)C1(c2cccs2)CCCC1. The maximum Gasteiger partial charge on any atom is 0.238 e. The van der Waals surface area contributed by atoms with Crippen molar-refractivity contribution in [2.75, 3.05) is 5.32 Å². The largest absolute Gasteiger partial charge is 0.461 e. The highest BCUT2D eigenvalue weighted by molar-refractivity contribution is 7.10. The lowest BCUT2D eigenvalue weighted by atomic mass is 9.83. The van der Waals surface area contributed by atoms with Crippen molar-refractivity contribution in [1.82, 2.24) is 10.1 Å². The number of nitrogens with zero attached hydrogens (tertiary/aromatic N) is 2. The predicted molar refractivity (Wildman–Crippen MR) is 114 cm³/mol. The molecule has 3 heterocycles. The first-order valence-electron chi connectivity index (χ1n) is 10.0. The van der Waals surface area contributed by atoms with E-state index in [4.69, 9.17) is 8.94 Å². The molecule has 1 saturated carbocycles. The maximum atomic E-state index is 13.4. The summed E-state index contributed by atoms with van der Waals surface area (Å²) in [7, 11) is 0. The third-order valence-corrected chi connectivity index (χ3v) is 6.78. The predicted octanol–water partition coefficient (Wildman–Crippen LogP) is 5.43. The standard InChI is InChI=1S/C23H21N3O3S/c27-22(23(11-3-4-12-23)19-10-6-14-30-19)24-17-8-2-1-7-16(17)15-20-25-21(26-29-20)18-9-5-13-28-18/h1-2,5-10,13-14H,3-4,11-12,15H2,(H,24,27). The Hall–Kier alpha value is -3.19. The first kappa shape index (κ1) is 18.8. The molecule has 0 radical (unpaired) electrons. The van der Waals surface area contributed by atoms with Gasteiger partial charge in [-0.1, -0.05) is 42.3 Å². The number of para-hydroxylation sites is 1. The van der Waals surface area contributed by atoms with Gasteiger partial charge < -0.3 is 14.3 Å². The highest BCUT2D eigenvalue weighted by atomic mass is 32.1. The molecule has 152 valence electrons. The summed E-state index contributed by atoms with van der Waals surface area (Å²) in [5.41, 5.74) is 1.28. The molecular formula is C23H21N3O3S. The molecule has 7 heteroatoms. The Morgan fingerprint density at radius 2 is 1.97 bits per heavy atom. The van der Waals surface area contributed by atoms with Gasteiger partial charge in [0.05, 0.1) is 18.1 Å². The molecule has 1 aromatic carbocycles. The lowest BCUT2D eigenvalue weighted by Gasteiger charge is -2.27. The van der Waals surface area contributed by atoms with Gasteiger partial charge in [-0.25, -0.2) is 0 Å². The number of furan rings is 1. The summed E-state index contributed by atoms with van der Waals surface area (Å²) in [5.74, 6) is 1.51. The van der Waals surface area contributed by atoms with Crippen LogP contribution >= 0.6 is 11.3 Å². The zero-order valence-electron chi connectivity index (χ0n) is 16.3. The zero-order valence-corrected chi connectivity index (χ0v) is 17.2. The fourth-order valence-corrected chi connectivity index (χ4v) is 5.13. The van der Waals surface area contributed by atoms with Gasteiger partial charge in [0, 0.05) is 10.6 Å². The van der Waals surface area contributed by atoms with E-state index in [0.29, 0.717) is 23.9 Å². The molecule has 1 fully saturated rings. The van der Waals surface area contributed by atoms with E-state index in [1.807, 2.05) is 35.7 Å². The van der Waals surface area contributed by atoms with E-state index >= 15 is 0 Å². The van der Waals surface area contributed by atoms with Gasteiger partial charge in [0.15, 0.2) is 5.76 Å². The Labute approximate surface area is 177 Å². The van der Waals surface area contributed by atoms with Crippen molar-refractivity contribution in [2.24, 2.45) is 0 Å². The van der Waals surface area contributed by atoms with Crippen LogP contribution in [0.25, 0.3) is 11.6 Å². The van der Waals surface area contributed by atoms with Crippen LogP contribution in [0.15, 0.2) is 69.1 Å². The lowest BCUT2D eigenvalue weighted by molar-refractivity contribution is -0.121.